The zero-order valence-electron chi connectivity index (χ0n) is 12.1. The molecule has 2 fully saturated rings. The molecule has 2 aliphatic rings. The summed E-state index contributed by atoms with van der Waals surface area (Å²) in [4.78, 5) is 6.83. The molecule has 0 spiro atoms. The van der Waals surface area contributed by atoms with Gasteiger partial charge in [-0.05, 0) is 38.5 Å². The fourth-order valence-corrected chi connectivity index (χ4v) is 2.97. The molecule has 112 valence electrons. The molecule has 0 aromatic carbocycles. The van der Waals surface area contributed by atoms with Crippen LogP contribution in [0.5, 0.6) is 0 Å². The van der Waals surface area contributed by atoms with Crippen molar-refractivity contribution in [3.05, 3.63) is 5.82 Å². The predicted octanol–water partition coefficient (Wildman–Crippen LogP) is 1.23. The van der Waals surface area contributed by atoms with Gasteiger partial charge in [0.2, 0.25) is 5.95 Å². The van der Waals surface area contributed by atoms with Gasteiger partial charge >= 0.3 is 0 Å². The zero-order valence-corrected chi connectivity index (χ0v) is 12.1. The number of anilines is 1. The summed E-state index contributed by atoms with van der Waals surface area (Å²) >= 11 is 0. The van der Waals surface area contributed by atoms with Gasteiger partial charge in [-0.2, -0.15) is 4.98 Å². The van der Waals surface area contributed by atoms with Crippen LogP contribution in [-0.2, 0) is 11.2 Å². The molecule has 1 aromatic rings. The third kappa shape index (κ3) is 3.49. The lowest BCUT2D eigenvalue weighted by molar-refractivity contribution is 0.0112. The number of hydrogen-bond acceptors (Lipinski definition) is 5. The third-order valence-electron chi connectivity index (χ3n) is 4.32. The predicted molar refractivity (Wildman–Crippen MR) is 77.7 cm³/mol. The van der Waals surface area contributed by atoms with E-state index in [9.17, 15) is 0 Å². The van der Waals surface area contributed by atoms with E-state index in [1.807, 2.05) is 0 Å². The number of ether oxygens (including phenoxy) is 1. The Labute approximate surface area is 120 Å². The molecule has 0 bridgehead atoms. The number of H-pyrrole nitrogens is 1. The minimum atomic E-state index is 0.341. The Morgan fingerprint density at radius 2 is 2.10 bits per heavy atom. The van der Waals surface area contributed by atoms with Gasteiger partial charge in [0.05, 0.1) is 6.10 Å². The van der Waals surface area contributed by atoms with Gasteiger partial charge in [-0.25, -0.2) is 0 Å². The molecule has 6 nitrogen and oxygen atoms in total. The summed E-state index contributed by atoms with van der Waals surface area (Å²) in [6.07, 6.45) is 8.11. The van der Waals surface area contributed by atoms with Crippen molar-refractivity contribution >= 4 is 5.95 Å². The van der Waals surface area contributed by atoms with Gasteiger partial charge in [0.15, 0.2) is 0 Å². The van der Waals surface area contributed by atoms with Crippen molar-refractivity contribution in [2.24, 2.45) is 5.73 Å². The normalized spacial score (nSPS) is 25.1. The fraction of sp³-hybridized carbons (Fsp3) is 0.857. The number of aromatic amines is 1. The number of rotatable bonds is 4. The van der Waals surface area contributed by atoms with E-state index < -0.39 is 0 Å². The molecule has 1 aromatic heterocycles. The molecule has 2 aliphatic heterocycles. The van der Waals surface area contributed by atoms with E-state index in [2.05, 4.69) is 20.1 Å². The van der Waals surface area contributed by atoms with Crippen LogP contribution in [0.3, 0.4) is 0 Å². The first-order valence-corrected chi connectivity index (χ1v) is 7.84. The lowest BCUT2D eigenvalue weighted by atomic mass is 10.0. The number of aryl methyl sites for hydroxylation is 1. The first kappa shape index (κ1) is 13.8. The summed E-state index contributed by atoms with van der Waals surface area (Å²) in [5, 5.41) is 7.40. The average molecular weight is 279 g/mol. The summed E-state index contributed by atoms with van der Waals surface area (Å²) in [6.45, 7) is 2.84. The van der Waals surface area contributed by atoms with Gasteiger partial charge < -0.3 is 15.4 Å². The monoisotopic (exact) mass is 279 g/mol. The van der Waals surface area contributed by atoms with Gasteiger partial charge in [-0.15, -0.1) is 5.10 Å². The van der Waals surface area contributed by atoms with Gasteiger partial charge in [0.25, 0.3) is 0 Å². The highest BCUT2D eigenvalue weighted by Gasteiger charge is 2.20. The van der Waals surface area contributed by atoms with Crippen molar-refractivity contribution in [2.75, 3.05) is 24.6 Å². The number of nitrogens with one attached hydrogen (secondary N) is 1. The van der Waals surface area contributed by atoms with Crippen molar-refractivity contribution in [3.63, 3.8) is 0 Å². The number of nitrogens with zero attached hydrogens (tertiary/aromatic N) is 3. The van der Waals surface area contributed by atoms with Crippen LogP contribution in [0.4, 0.5) is 5.95 Å². The highest BCUT2D eigenvalue weighted by atomic mass is 16.5. The summed E-state index contributed by atoms with van der Waals surface area (Å²) in [5.41, 5.74) is 5.92. The van der Waals surface area contributed by atoms with Gasteiger partial charge in [0.1, 0.15) is 5.82 Å². The molecule has 3 N–H and O–H groups in total. The van der Waals surface area contributed by atoms with Crippen molar-refractivity contribution in [2.45, 2.75) is 57.1 Å². The number of hydrogen-bond donors (Lipinski definition) is 2. The van der Waals surface area contributed by atoms with E-state index in [0.29, 0.717) is 12.1 Å². The lowest BCUT2D eigenvalue weighted by Gasteiger charge is -2.28. The molecule has 6 heteroatoms. The van der Waals surface area contributed by atoms with Crippen LogP contribution < -0.4 is 10.6 Å². The Morgan fingerprint density at radius 1 is 1.25 bits per heavy atom. The molecule has 0 amide bonds. The largest absolute Gasteiger partial charge is 0.378 e. The Morgan fingerprint density at radius 3 is 2.85 bits per heavy atom. The maximum atomic E-state index is 5.92. The highest BCUT2D eigenvalue weighted by Crippen LogP contribution is 2.18. The van der Waals surface area contributed by atoms with E-state index in [4.69, 9.17) is 10.5 Å². The Bertz CT molecular complexity index is 407. The molecule has 1 unspecified atom stereocenters. The van der Waals surface area contributed by atoms with E-state index >= 15 is 0 Å². The number of aromatic nitrogens is 3. The second kappa shape index (κ2) is 6.54. The first-order chi connectivity index (χ1) is 9.81. The van der Waals surface area contributed by atoms with Crippen LogP contribution in [0.2, 0.25) is 0 Å². The van der Waals surface area contributed by atoms with Crippen LogP contribution in [0, 0.1) is 0 Å². The first-order valence-electron chi connectivity index (χ1n) is 7.84. The van der Waals surface area contributed by atoms with E-state index in [-0.39, 0.29) is 0 Å². The van der Waals surface area contributed by atoms with Crippen LogP contribution in [0.15, 0.2) is 0 Å². The summed E-state index contributed by atoms with van der Waals surface area (Å²) in [6, 6.07) is 0.341. The third-order valence-corrected chi connectivity index (χ3v) is 4.32. The summed E-state index contributed by atoms with van der Waals surface area (Å²) in [5.74, 6) is 1.81. The lowest BCUT2D eigenvalue weighted by Crippen LogP contribution is -2.40. The van der Waals surface area contributed by atoms with E-state index in [0.717, 1.165) is 57.2 Å². The second-order valence-corrected chi connectivity index (χ2v) is 5.93. The quantitative estimate of drug-likeness (QED) is 0.866. The molecule has 0 aliphatic carbocycles. The van der Waals surface area contributed by atoms with Crippen LogP contribution >= 0.6 is 0 Å². The second-order valence-electron chi connectivity index (χ2n) is 5.93. The van der Waals surface area contributed by atoms with Gasteiger partial charge in [0, 0.05) is 32.2 Å². The standard InChI is InChI=1S/C14H25N5O/c15-11-6-8-19(9-7-11)14-16-13(17-18-14)5-4-12-3-1-2-10-20-12/h11-12H,1-10,15H2,(H,16,17,18). The molecule has 20 heavy (non-hydrogen) atoms. The number of nitrogens with two attached hydrogens (primary N) is 1. The number of piperidine rings is 1. The Hall–Kier alpha value is -1.14. The minimum absolute atomic E-state index is 0.341. The molecular weight excluding hydrogens is 254 g/mol. The smallest absolute Gasteiger partial charge is 0.244 e. The van der Waals surface area contributed by atoms with Crippen molar-refractivity contribution in [1.82, 2.24) is 15.2 Å². The topological polar surface area (TPSA) is 80.1 Å². The summed E-state index contributed by atoms with van der Waals surface area (Å²) in [7, 11) is 0. The Balaban J connectivity index is 1.49. The fourth-order valence-electron chi connectivity index (χ4n) is 2.97. The maximum Gasteiger partial charge on any atom is 0.244 e. The maximum absolute atomic E-state index is 5.92. The van der Waals surface area contributed by atoms with Crippen LogP contribution in [-0.4, -0.2) is 47.0 Å². The zero-order chi connectivity index (χ0) is 13.8. The molecule has 1 atom stereocenters. The van der Waals surface area contributed by atoms with Crippen molar-refractivity contribution < 1.29 is 4.74 Å². The summed E-state index contributed by atoms with van der Waals surface area (Å²) < 4.78 is 5.75. The molecule has 0 radical (unpaired) electrons. The highest BCUT2D eigenvalue weighted by molar-refractivity contribution is 5.29. The molecule has 3 rings (SSSR count). The van der Waals surface area contributed by atoms with Crippen LogP contribution in [0.25, 0.3) is 0 Å². The van der Waals surface area contributed by atoms with Crippen LogP contribution in [0.1, 0.15) is 44.3 Å². The SMILES string of the molecule is NC1CCN(c2n[nH]c(CCC3CCCCO3)n2)CC1. The molecular formula is C14H25N5O. The van der Waals surface area contributed by atoms with Gasteiger partial charge in [-0.3, -0.25) is 5.10 Å². The molecule has 3 heterocycles. The van der Waals surface area contributed by atoms with Gasteiger partial charge in [-0.1, -0.05) is 0 Å². The van der Waals surface area contributed by atoms with Crippen molar-refractivity contribution in [3.8, 4) is 0 Å². The van der Waals surface area contributed by atoms with E-state index in [1.165, 1.54) is 19.3 Å². The minimum Gasteiger partial charge on any atom is -0.378 e. The molecule has 0 saturated carbocycles. The van der Waals surface area contributed by atoms with E-state index in [1.54, 1.807) is 0 Å². The average Bonchev–Trinajstić information content (AvgIpc) is 2.96. The Kier molecular flexibility index (Phi) is 4.52. The van der Waals surface area contributed by atoms with Crippen molar-refractivity contribution in [1.29, 1.82) is 0 Å². The molecule has 2 saturated heterocycles.